The minimum atomic E-state index is -1.80. The molecule has 1 amide bonds. The van der Waals surface area contributed by atoms with Crippen LogP contribution in [0, 0.1) is 0 Å². The number of nitrogens with two attached hydrogens (primary N) is 1. The van der Waals surface area contributed by atoms with Crippen LogP contribution < -0.4 is 11.1 Å². The Morgan fingerprint density at radius 1 is 1.09 bits per heavy atom. The molecule has 1 fully saturated rings. The maximum atomic E-state index is 13.5. The summed E-state index contributed by atoms with van der Waals surface area (Å²) in [5.41, 5.74) is 4.31. The van der Waals surface area contributed by atoms with Crippen molar-refractivity contribution in [3.05, 3.63) is 82.2 Å². The van der Waals surface area contributed by atoms with Crippen molar-refractivity contribution in [3.8, 4) is 11.5 Å². The van der Waals surface area contributed by atoms with Crippen LogP contribution in [-0.2, 0) is 20.6 Å². The van der Waals surface area contributed by atoms with Gasteiger partial charge < -0.3 is 35.3 Å². The maximum absolute atomic E-state index is 13.5. The van der Waals surface area contributed by atoms with Crippen LogP contribution in [-0.4, -0.2) is 68.6 Å². The summed E-state index contributed by atoms with van der Waals surface area (Å²) in [6.45, 7) is 1.32. The summed E-state index contributed by atoms with van der Waals surface area (Å²) in [6, 6.07) is 9.16. The Morgan fingerprint density at radius 2 is 1.79 bits per heavy atom. The molecule has 3 aromatic rings. The van der Waals surface area contributed by atoms with Crippen LogP contribution in [0.3, 0.4) is 0 Å². The summed E-state index contributed by atoms with van der Waals surface area (Å²) in [5, 5.41) is 37.3. The summed E-state index contributed by atoms with van der Waals surface area (Å²) in [7, 11) is 0. The molecular formula is C31H31N3O9. The summed E-state index contributed by atoms with van der Waals surface area (Å²) >= 11 is 0. The van der Waals surface area contributed by atoms with E-state index >= 15 is 0 Å². The summed E-state index contributed by atoms with van der Waals surface area (Å²) in [4.78, 5) is 43.5. The van der Waals surface area contributed by atoms with Crippen molar-refractivity contribution in [2.45, 2.75) is 62.7 Å². The lowest BCUT2D eigenvalue weighted by atomic mass is 9.73. The van der Waals surface area contributed by atoms with Crippen molar-refractivity contribution in [1.29, 1.82) is 0 Å². The van der Waals surface area contributed by atoms with Gasteiger partial charge in [0.25, 0.3) is 0 Å². The van der Waals surface area contributed by atoms with Gasteiger partial charge in [-0.15, -0.1) is 0 Å². The fourth-order valence-corrected chi connectivity index (χ4v) is 6.19. The highest BCUT2D eigenvalue weighted by Gasteiger charge is 2.47. The lowest BCUT2D eigenvalue weighted by Crippen LogP contribution is -2.46. The van der Waals surface area contributed by atoms with Gasteiger partial charge in [-0.3, -0.25) is 19.9 Å². The molecule has 43 heavy (non-hydrogen) atoms. The number of ketones is 2. The third-order valence-corrected chi connectivity index (χ3v) is 8.06. The zero-order valence-electron chi connectivity index (χ0n) is 23.3. The Labute approximate surface area is 246 Å². The molecule has 2 aliphatic carbocycles. The molecule has 0 saturated carbocycles. The van der Waals surface area contributed by atoms with Gasteiger partial charge in [0.1, 0.15) is 23.7 Å². The fourth-order valence-electron chi connectivity index (χ4n) is 6.19. The molecule has 12 heteroatoms. The lowest BCUT2D eigenvalue weighted by Gasteiger charge is -2.41. The monoisotopic (exact) mass is 589 g/mol. The Balaban J connectivity index is 1.38. The molecule has 224 valence electrons. The van der Waals surface area contributed by atoms with Gasteiger partial charge in [-0.2, -0.15) is 0 Å². The second-order valence-corrected chi connectivity index (χ2v) is 11.3. The average Bonchev–Trinajstić information content (AvgIpc) is 2.96. The van der Waals surface area contributed by atoms with E-state index in [4.69, 9.17) is 19.9 Å². The van der Waals surface area contributed by atoms with E-state index < -0.39 is 53.8 Å². The Bertz CT molecular complexity index is 1600. The molecule has 3 aliphatic rings. The number of carbonyl (C=O) groups is 3. The Hall–Kier alpha value is -4.36. The number of carbonyl (C=O) groups excluding carboxylic acids is 3. The van der Waals surface area contributed by atoms with Crippen molar-refractivity contribution in [1.82, 2.24) is 4.98 Å². The average molecular weight is 590 g/mol. The SMILES string of the molecule is C[C@H]1C[C@@H](N)C[C@H](O[C@H]2C[C@](O)(COC(=O)Nc3cccnc3)Cc3c(O)c4c(c(O)c32)C(=O)c2ccccc2C4=O)O1. The van der Waals surface area contributed by atoms with E-state index in [9.17, 15) is 29.7 Å². The number of fused-ring (bicyclic) bond motifs is 3. The number of benzene rings is 2. The largest absolute Gasteiger partial charge is 0.507 e. The van der Waals surface area contributed by atoms with Crippen LogP contribution in [0.4, 0.5) is 10.5 Å². The van der Waals surface area contributed by atoms with E-state index in [2.05, 4.69) is 10.3 Å². The van der Waals surface area contributed by atoms with Crippen molar-refractivity contribution < 1.29 is 43.9 Å². The number of aliphatic hydroxyl groups is 1. The zero-order valence-corrected chi connectivity index (χ0v) is 23.3. The highest BCUT2D eigenvalue weighted by molar-refractivity contribution is 6.30. The van der Waals surface area contributed by atoms with Gasteiger partial charge in [0.2, 0.25) is 0 Å². The molecule has 0 bridgehead atoms. The fraction of sp³-hybridized carbons (Fsp3) is 0.355. The van der Waals surface area contributed by atoms with Crippen LogP contribution in [0.2, 0.25) is 0 Å². The molecule has 2 aromatic carbocycles. The number of aromatic hydroxyl groups is 2. The van der Waals surface area contributed by atoms with Crippen molar-refractivity contribution in [2.24, 2.45) is 5.73 Å². The van der Waals surface area contributed by atoms with E-state index in [1.807, 2.05) is 6.92 Å². The predicted octanol–water partition coefficient (Wildman–Crippen LogP) is 3.10. The first-order valence-electron chi connectivity index (χ1n) is 14.0. The van der Waals surface area contributed by atoms with Crippen LogP contribution in [0.25, 0.3) is 0 Å². The summed E-state index contributed by atoms with van der Waals surface area (Å²) in [6.07, 6.45) is 0.343. The molecule has 1 aliphatic heterocycles. The third-order valence-electron chi connectivity index (χ3n) is 8.06. The van der Waals surface area contributed by atoms with Crippen LogP contribution in [0.15, 0.2) is 48.8 Å². The molecule has 12 nitrogen and oxygen atoms in total. The number of nitrogens with one attached hydrogen (secondary N) is 1. The number of ether oxygens (including phenoxy) is 3. The normalized spacial score (nSPS) is 26.2. The van der Waals surface area contributed by atoms with Gasteiger partial charge in [-0.25, -0.2) is 4.79 Å². The predicted molar refractivity (Wildman–Crippen MR) is 151 cm³/mol. The number of hydrogen-bond acceptors (Lipinski definition) is 11. The Kier molecular flexibility index (Phi) is 7.38. The van der Waals surface area contributed by atoms with E-state index in [0.29, 0.717) is 18.5 Å². The Morgan fingerprint density at radius 3 is 2.44 bits per heavy atom. The van der Waals surface area contributed by atoms with Crippen molar-refractivity contribution in [3.63, 3.8) is 0 Å². The number of phenols is 2. The number of nitrogens with zero attached hydrogens (tertiary/aromatic N) is 1. The zero-order chi connectivity index (χ0) is 30.5. The number of hydrogen-bond donors (Lipinski definition) is 5. The van der Waals surface area contributed by atoms with E-state index in [0.717, 1.165) is 0 Å². The van der Waals surface area contributed by atoms with E-state index in [-0.39, 0.29) is 58.4 Å². The molecule has 5 atom stereocenters. The molecule has 2 heterocycles. The first-order chi connectivity index (χ1) is 20.5. The molecule has 1 aromatic heterocycles. The van der Waals surface area contributed by atoms with Gasteiger partial charge in [-0.05, 0) is 25.5 Å². The molecule has 0 radical (unpaired) electrons. The second kappa shape index (κ2) is 11.0. The third kappa shape index (κ3) is 5.34. The number of pyridine rings is 1. The number of amides is 1. The standard InChI is InChI=1S/C31H31N3O9/c1-15-9-16(32)10-22(42-15)43-21-12-31(40,14-41-30(39)34-17-5-4-8-33-13-17)11-20-23(21)29(38)25-24(28(20)37)26(35)18-6-2-3-7-19(18)27(25)36/h2-8,13,15-16,21-22,37-38,40H,9-12,14,32H2,1H3,(H,34,39)/t15-,16+,21-,22-,31-/m0/s1. The molecule has 0 unspecified atom stereocenters. The molecule has 6 rings (SSSR count). The van der Waals surface area contributed by atoms with Gasteiger partial charge in [0, 0.05) is 53.8 Å². The molecule has 1 saturated heterocycles. The number of anilines is 1. The highest BCUT2D eigenvalue weighted by atomic mass is 16.7. The van der Waals surface area contributed by atoms with Gasteiger partial charge in [0.05, 0.1) is 35.2 Å². The van der Waals surface area contributed by atoms with Crippen molar-refractivity contribution in [2.75, 3.05) is 11.9 Å². The number of rotatable bonds is 5. The molecule has 6 N–H and O–H groups in total. The van der Waals surface area contributed by atoms with Gasteiger partial charge >= 0.3 is 6.09 Å². The van der Waals surface area contributed by atoms with E-state index in [1.165, 1.54) is 18.3 Å². The second-order valence-electron chi connectivity index (χ2n) is 11.3. The van der Waals surface area contributed by atoms with Crippen LogP contribution in [0.5, 0.6) is 11.5 Å². The summed E-state index contributed by atoms with van der Waals surface area (Å²) < 4.78 is 17.5. The first-order valence-corrected chi connectivity index (χ1v) is 14.0. The van der Waals surface area contributed by atoms with Gasteiger partial charge in [0.15, 0.2) is 17.9 Å². The quantitative estimate of drug-likeness (QED) is 0.215. The smallest absolute Gasteiger partial charge is 0.411 e. The maximum Gasteiger partial charge on any atom is 0.411 e. The molecular weight excluding hydrogens is 558 g/mol. The van der Waals surface area contributed by atoms with Gasteiger partial charge in [-0.1, -0.05) is 24.3 Å². The first kappa shape index (κ1) is 28.7. The van der Waals surface area contributed by atoms with Crippen LogP contribution in [0.1, 0.15) is 75.3 Å². The van der Waals surface area contributed by atoms with E-state index in [1.54, 1.807) is 30.5 Å². The minimum Gasteiger partial charge on any atom is -0.507 e. The molecule has 0 spiro atoms. The van der Waals surface area contributed by atoms with Crippen molar-refractivity contribution >= 4 is 23.3 Å². The minimum absolute atomic E-state index is 0.0000416. The topological polar surface area (TPSA) is 191 Å². The summed E-state index contributed by atoms with van der Waals surface area (Å²) in [5.74, 6) is -2.35. The van der Waals surface area contributed by atoms with Crippen LogP contribution >= 0.6 is 0 Å². The number of phenolic OH excluding ortho intramolecular Hbond substituents is 2. The number of aromatic nitrogens is 1. The lowest BCUT2D eigenvalue weighted by molar-refractivity contribution is -0.227. The highest BCUT2D eigenvalue weighted by Crippen LogP contribution is 2.51.